The minimum atomic E-state index is 0.653. The number of nitriles is 1. The molecule has 0 bridgehead atoms. The van der Waals surface area contributed by atoms with Gasteiger partial charge in [0, 0.05) is 22.7 Å². The van der Waals surface area contributed by atoms with Crippen LogP contribution in [-0.4, -0.2) is 9.38 Å². The molecule has 0 aliphatic carbocycles. The van der Waals surface area contributed by atoms with Gasteiger partial charge >= 0.3 is 0 Å². The van der Waals surface area contributed by atoms with Crippen molar-refractivity contribution in [3.05, 3.63) is 93.7 Å². The van der Waals surface area contributed by atoms with Gasteiger partial charge in [-0.05, 0) is 52.7 Å². The normalized spacial score (nSPS) is 10.8. The molecule has 0 spiro atoms. The molecule has 0 saturated carbocycles. The van der Waals surface area contributed by atoms with Gasteiger partial charge in [-0.25, -0.2) is 4.98 Å². The van der Waals surface area contributed by atoms with Crippen molar-refractivity contribution in [2.24, 2.45) is 0 Å². The molecule has 126 valence electrons. The zero-order valence-electron chi connectivity index (χ0n) is 14.3. The molecule has 4 rings (SSSR count). The van der Waals surface area contributed by atoms with E-state index in [1.807, 2.05) is 36.4 Å². The molecule has 0 aliphatic rings. The molecule has 0 N–H and O–H groups in total. The zero-order valence-corrected chi connectivity index (χ0v) is 15.9. The number of pyridine rings is 1. The lowest BCUT2D eigenvalue weighted by Gasteiger charge is -2.07. The quantitative estimate of drug-likeness (QED) is 0.452. The molecule has 4 heteroatoms. The molecule has 0 aliphatic heterocycles. The number of aryl methyl sites for hydroxylation is 1. The monoisotopic (exact) mass is 401 g/mol. The van der Waals surface area contributed by atoms with E-state index in [0.717, 1.165) is 33.5 Å². The summed E-state index contributed by atoms with van der Waals surface area (Å²) in [7, 11) is 0. The Balaban J connectivity index is 1.88. The second kappa shape index (κ2) is 6.78. The molecule has 0 atom stereocenters. The summed E-state index contributed by atoms with van der Waals surface area (Å²) >= 11 is 3.56. The molecule has 0 unspecified atom stereocenters. The van der Waals surface area contributed by atoms with Gasteiger partial charge in [-0.2, -0.15) is 5.26 Å². The lowest BCUT2D eigenvalue weighted by Crippen LogP contribution is -1.97. The summed E-state index contributed by atoms with van der Waals surface area (Å²) in [5.41, 5.74) is 7.16. The Labute approximate surface area is 160 Å². The van der Waals surface area contributed by atoms with E-state index in [0.29, 0.717) is 5.56 Å². The highest BCUT2D eigenvalue weighted by molar-refractivity contribution is 9.10. The molecule has 2 aromatic heterocycles. The number of hydrogen-bond donors (Lipinski definition) is 0. The van der Waals surface area contributed by atoms with Crippen molar-refractivity contribution in [2.45, 2.75) is 13.3 Å². The SMILES string of the molecule is Cc1ccc(Cc2c(-c3ccc(C#N)cc3)nc3ccc(Br)cn23)cc1. The van der Waals surface area contributed by atoms with Gasteiger partial charge < -0.3 is 4.40 Å². The van der Waals surface area contributed by atoms with E-state index >= 15 is 0 Å². The maximum absolute atomic E-state index is 9.04. The van der Waals surface area contributed by atoms with Crippen LogP contribution in [0, 0.1) is 18.3 Å². The summed E-state index contributed by atoms with van der Waals surface area (Å²) in [4.78, 5) is 4.85. The third-order valence-corrected chi connectivity index (χ3v) is 4.93. The van der Waals surface area contributed by atoms with Crippen LogP contribution in [0.3, 0.4) is 0 Å². The summed E-state index contributed by atoms with van der Waals surface area (Å²) in [5.74, 6) is 0. The standard InChI is InChI=1S/C22H16BrN3/c1-15-2-4-16(5-3-15)12-20-22(18-8-6-17(13-24)7-9-18)25-21-11-10-19(23)14-26(20)21/h2-11,14H,12H2,1H3. The summed E-state index contributed by atoms with van der Waals surface area (Å²) in [5, 5.41) is 9.04. The maximum atomic E-state index is 9.04. The number of nitrogens with zero attached hydrogens (tertiary/aromatic N) is 3. The molecule has 3 nitrogen and oxygen atoms in total. The number of fused-ring (bicyclic) bond motifs is 1. The van der Waals surface area contributed by atoms with Gasteiger partial charge in [0.2, 0.25) is 0 Å². The number of aromatic nitrogens is 2. The number of halogens is 1. The van der Waals surface area contributed by atoms with Crippen LogP contribution >= 0.6 is 15.9 Å². The third kappa shape index (κ3) is 3.14. The molecular formula is C22H16BrN3. The lowest BCUT2D eigenvalue weighted by atomic mass is 10.0. The van der Waals surface area contributed by atoms with Gasteiger partial charge in [-0.15, -0.1) is 0 Å². The summed E-state index contributed by atoms with van der Waals surface area (Å²) in [6.07, 6.45) is 2.84. The molecule has 2 aromatic carbocycles. The van der Waals surface area contributed by atoms with Gasteiger partial charge in [-0.1, -0.05) is 42.0 Å². The van der Waals surface area contributed by atoms with Crippen molar-refractivity contribution in [3.8, 4) is 17.3 Å². The van der Waals surface area contributed by atoms with Crippen LogP contribution in [0.5, 0.6) is 0 Å². The predicted octanol–water partition coefficient (Wildman–Crippen LogP) is 5.53. The molecule has 0 radical (unpaired) electrons. The average Bonchev–Trinajstić information content (AvgIpc) is 3.01. The Morgan fingerprint density at radius 3 is 2.42 bits per heavy atom. The van der Waals surface area contributed by atoms with Crippen molar-refractivity contribution in [3.63, 3.8) is 0 Å². The minimum Gasteiger partial charge on any atom is -0.302 e. The van der Waals surface area contributed by atoms with Crippen LogP contribution in [0.4, 0.5) is 0 Å². The van der Waals surface area contributed by atoms with Crippen molar-refractivity contribution in [1.82, 2.24) is 9.38 Å². The summed E-state index contributed by atoms with van der Waals surface area (Å²) in [6, 6.07) is 22.4. The molecule has 0 fully saturated rings. The largest absolute Gasteiger partial charge is 0.302 e. The van der Waals surface area contributed by atoms with Crippen LogP contribution in [0.2, 0.25) is 0 Å². The molecule has 0 amide bonds. The van der Waals surface area contributed by atoms with Crippen molar-refractivity contribution in [1.29, 1.82) is 5.26 Å². The molecule has 26 heavy (non-hydrogen) atoms. The minimum absolute atomic E-state index is 0.653. The van der Waals surface area contributed by atoms with Gasteiger partial charge in [0.25, 0.3) is 0 Å². The second-order valence-corrected chi connectivity index (χ2v) is 7.25. The molecule has 2 heterocycles. The first-order valence-corrected chi connectivity index (χ1v) is 9.16. The average molecular weight is 402 g/mol. The van der Waals surface area contributed by atoms with Crippen LogP contribution in [0.1, 0.15) is 22.4 Å². The van der Waals surface area contributed by atoms with Crippen LogP contribution in [0.15, 0.2) is 71.3 Å². The number of hydrogen-bond acceptors (Lipinski definition) is 2. The Morgan fingerprint density at radius 2 is 1.73 bits per heavy atom. The van der Waals surface area contributed by atoms with Gasteiger partial charge in [-0.3, -0.25) is 0 Å². The van der Waals surface area contributed by atoms with Crippen LogP contribution < -0.4 is 0 Å². The maximum Gasteiger partial charge on any atom is 0.137 e. The topological polar surface area (TPSA) is 41.1 Å². The number of rotatable bonds is 3. The van der Waals surface area contributed by atoms with Gasteiger partial charge in [0.05, 0.1) is 23.0 Å². The molecular weight excluding hydrogens is 386 g/mol. The fourth-order valence-electron chi connectivity index (χ4n) is 3.07. The van der Waals surface area contributed by atoms with E-state index in [1.54, 1.807) is 0 Å². The third-order valence-electron chi connectivity index (χ3n) is 4.46. The fraction of sp³-hybridized carbons (Fsp3) is 0.0909. The first-order valence-electron chi connectivity index (χ1n) is 8.36. The van der Waals surface area contributed by atoms with E-state index in [9.17, 15) is 0 Å². The highest BCUT2D eigenvalue weighted by atomic mass is 79.9. The Morgan fingerprint density at radius 1 is 1.00 bits per heavy atom. The van der Waals surface area contributed by atoms with Gasteiger partial charge in [0.15, 0.2) is 0 Å². The van der Waals surface area contributed by atoms with Crippen molar-refractivity contribution in [2.75, 3.05) is 0 Å². The van der Waals surface area contributed by atoms with Gasteiger partial charge in [0.1, 0.15) is 5.65 Å². The highest BCUT2D eigenvalue weighted by Crippen LogP contribution is 2.28. The molecule has 0 saturated heterocycles. The van der Waals surface area contributed by atoms with E-state index < -0.39 is 0 Å². The van der Waals surface area contributed by atoms with E-state index in [2.05, 4.69) is 63.8 Å². The first-order chi connectivity index (χ1) is 12.6. The van der Waals surface area contributed by atoms with E-state index in [-0.39, 0.29) is 0 Å². The Kier molecular flexibility index (Phi) is 4.32. The Bertz CT molecular complexity index is 1120. The lowest BCUT2D eigenvalue weighted by molar-refractivity contribution is 1.02. The Hall–Kier alpha value is -2.90. The van der Waals surface area contributed by atoms with E-state index in [1.165, 1.54) is 11.1 Å². The molecule has 4 aromatic rings. The predicted molar refractivity (Wildman–Crippen MR) is 107 cm³/mol. The van der Waals surface area contributed by atoms with Crippen LogP contribution in [0.25, 0.3) is 16.9 Å². The summed E-state index contributed by atoms with van der Waals surface area (Å²) < 4.78 is 3.15. The second-order valence-electron chi connectivity index (χ2n) is 6.33. The zero-order chi connectivity index (χ0) is 18.1. The van der Waals surface area contributed by atoms with Crippen molar-refractivity contribution < 1.29 is 0 Å². The van der Waals surface area contributed by atoms with E-state index in [4.69, 9.17) is 10.2 Å². The highest BCUT2D eigenvalue weighted by Gasteiger charge is 2.15. The van der Waals surface area contributed by atoms with Crippen molar-refractivity contribution >= 4 is 21.6 Å². The fourth-order valence-corrected chi connectivity index (χ4v) is 3.41. The van der Waals surface area contributed by atoms with Crippen LogP contribution in [-0.2, 0) is 6.42 Å². The number of imidazole rings is 1. The number of benzene rings is 2. The first kappa shape index (κ1) is 16.6. The smallest absolute Gasteiger partial charge is 0.137 e. The summed E-state index contributed by atoms with van der Waals surface area (Å²) in [6.45, 7) is 2.09.